The number of thiazole rings is 1. The van der Waals surface area contributed by atoms with Gasteiger partial charge in [0.25, 0.3) is 5.19 Å². The van der Waals surface area contributed by atoms with Gasteiger partial charge in [0.15, 0.2) is 11.6 Å². The van der Waals surface area contributed by atoms with E-state index in [9.17, 15) is 4.39 Å². The van der Waals surface area contributed by atoms with Crippen LogP contribution >= 0.6 is 34.5 Å². The zero-order chi connectivity index (χ0) is 13.1. The molecule has 0 radical (unpaired) electrons. The van der Waals surface area contributed by atoms with Crippen molar-refractivity contribution in [3.63, 3.8) is 0 Å². The molecular formula is C11H5Cl2FN2OS. The molecule has 0 aliphatic rings. The second-order valence-corrected chi connectivity index (χ2v) is 4.86. The van der Waals surface area contributed by atoms with Crippen molar-refractivity contribution >= 4 is 34.5 Å². The van der Waals surface area contributed by atoms with E-state index in [1.54, 1.807) is 0 Å². The summed E-state index contributed by atoms with van der Waals surface area (Å²) in [5, 5.41) is 9.07. The maximum absolute atomic E-state index is 13.6. The Kier molecular flexibility index (Phi) is 4.02. The van der Waals surface area contributed by atoms with Crippen LogP contribution < -0.4 is 4.74 Å². The predicted molar refractivity (Wildman–Crippen MR) is 67.9 cm³/mol. The zero-order valence-electron chi connectivity index (χ0n) is 8.78. The van der Waals surface area contributed by atoms with E-state index in [-0.39, 0.29) is 27.5 Å². The van der Waals surface area contributed by atoms with E-state index in [4.69, 9.17) is 33.2 Å². The van der Waals surface area contributed by atoms with Crippen LogP contribution in [0.1, 0.15) is 10.4 Å². The average Bonchev–Trinajstić information content (AvgIpc) is 2.72. The Morgan fingerprint density at radius 2 is 2.28 bits per heavy atom. The molecule has 0 spiro atoms. The molecule has 18 heavy (non-hydrogen) atoms. The Balaban J connectivity index is 2.26. The quantitative estimate of drug-likeness (QED) is 0.792. The second kappa shape index (κ2) is 5.53. The Bertz CT molecular complexity index is 624. The SMILES string of the molecule is N#Cc1ccc(Oc2nc(Cl)c(CCl)s2)c(F)c1. The topological polar surface area (TPSA) is 45.9 Å². The van der Waals surface area contributed by atoms with Crippen LogP contribution in [0, 0.1) is 17.1 Å². The first-order valence-electron chi connectivity index (χ1n) is 4.72. The molecule has 0 saturated heterocycles. The number of aromatic nitrogens is 1. The van der Waals surface area contributed by atoms with Crippen LogP contribution in [-0.4, -0.2) is 4.98 Å². The highest BCUT2D eigenvalue weighted by Gasteiger charge is 2.12. The number of hydrogen-bond donors (Lipinski definition) is 0. The largest absolute Gasteiger partial charge is 0.428 e. The van der Waals surface area contributed by atoms with Crippen molar-refractivity contribution in [1.29, 1.82) is 5.26 Å². The third-order valence-electron chi connectivity index (χ3n) is 2.01. The van der Waals surface area contributed by atoms with Gasteiger partial charge < -0.3 is 4.74 Å². The van der Waals surface area contributed by atoms with Gasteiger partial charge >= 0.3 is 0 Å². The minimum Gasteiger partial charge on any atom is -0.428 e. The first-order valence-corrected chi connectivity index (χ1v) is 6.45. The standard InChI is InChI=1S/C11H5Cl2FN2OS/c12-4-9-10(13)16-11(18-9)17-8-2-1-6(5-15)3-7(8)14/h1-3H,4H2. The summed E-state index contributed by atoms with van der Waals surface area (Å²) in [7, 11) is 0. The number of benzene rings is 1. The van der Waals surface area contributed by atoms with Gasteiger partial charge in [0.05, 0.1) is 22.4 Å². The molecule has 0 saturated carbocycles. The van der Waals surface area contributed by atoms with Gasteiger partial charge in [-0.15, -0.1) is 11.6 Å². The fourth-order valence-electron chi connectivity index (χ4n) is 1.19. The highest BCUT2D eigenvalue weighted by molar-refractivity contribution is 7.14. The van der Waals surface area contributed by atoms with Crippen molar-refractivity contribution in [3.8, 4) is 17.0 Å². The third-order valence-corrected chi connectivity index (χ3v) is 3.79. The summed E-state index contributed by atoms with van der Waals surface area (Å²) in [6.07, 6.45) is 0. The van der Waals surface area contributed by atoms with Gasteiger partial charge in [-0.3, -0.25) is 0 Å². The molecule has 0 amide bonds. The smallest absolute Gasteiger partial charge is 0.280 e. The van der Waals surface area contributed by atoms with Gasteiger partial charge in [-0.25, -0.2) is 4.39 Å². The number of ether oxygens (including phenoxy) is 1. The van der Waals surface area contributed by atoms with Crippen molar-refractivity contribution in [2.45, 2.75) is 5.88 Å². The first kappa shape index (κ1) is 13.1. The highest BCUT2D eigenvalue weighted by atomic mass is 35.5. The minimum absolute atomic E-state index is 0.0134. The summed E-state index contributed by atoms with van der Waals surface area (Å²) >= 11 is 12.6. The van der Waals surface area contributed by atoms with Crippen molar-refractivity contribution in [2.75, 3.05) is 0 Å². The van der Waals surface area contributed by atoms with Gasteiger partial charge in [0.2, 0.25) is 0 Å². The van der Waals surface area contributed by atoms with E-state index in [0.717, 1.165) is 17.4 Å². The number of halogens is 3. The van der Waals surface area contributed by atoms with E-state index in [1.165, 1.54) is 12.1 Å². The summed E-state index contributed by atoms with van der Waals surface area (Å²) < 4.78 is 18.8. The Labute approximate surface area is 116 Å². The number of hydrogen-bond acceptors (Lipinski definition) is 4. The molecule has 1 aromatic carbocycles. The van der Waals surface area contributed by atoms with Crippen molar-refractivity contribution in [2.24, 2.45) is 0 Å². The summed E-state index contributed by atoms with van der Waals surface area (Å²) in [6, 6.07) is 5.74. The normalized spacial score (nSPS) is 10.1. The van der Waals surface area contributed by atoms with Gasteiger partial charge in [-0.05, 0) is 18.2 Å². The maximum atomic E-state index is 13.6. The number of nitrogens with zero attached hydrogens (tertiary/aromatic N) is 2. The van der Waals surface area contributed by atoms with E-state index >= 15 is 0 Å². The molecule has 0 fully saturated rings. The number of nitriles is 1. The predicted octanol–water partition coefficient (Wildman–Crippen LogP) is 4.34. The van der Waals surface area contributed by atoms with Crippen LogP contribution in [0.4, 0.5) is 4.39 Å². The lowest BCUT2D eigenvalue weighted by molar-refractivity contribution is 0.439. The molecule has 0 bridgehead atoms. The van der Waals surface area contributed by atoms with Crippen LogP contribution in [-0.2, 0) is 5.88 Å². The molecule has 2 aromatic rings. The maximum Gasteiger partial charge on any atom is 0.280 e. The molecule has 0 atom stereocenters. The lowest BCUT2D eigenvalue weighted by Crippen LogP contribution is -1.88. The lowest BCUT2D eigenvalue weighted by atomic mass is 10.2. The van der Waals surface area contributed by atoms with Gasteiger partial charge in [0.1, 0.15) is 5.15 Å². The Hall–Kier alpha value is -1.35. The number of rotatable bonds is 3. The van der Waals surface area contributed by atoms with Gasteiger partial charge in [0, 0.05) is 0 Å². The number of alkyl halides is 1. The van der Waals surface area contributed by atoms with Crippen LogP contribution in [0.5, 0.6) is 10.9 Å². The Morgan fingerprint density at radius 1 is 1.50 bits per heavy atom. The van der Waals surface area contributed by atoms with Crippen LogP contribution in [0.25, 0.3) is 0 Å². The van der Waals surface area contributed by atoms with E-state index < -0.39 is 5.82 Å². The summed E-state index contributed by atoms with van der Waals surface area (Å²) in [4.78, 5) is 4.56. The third kappa shape index (κ3) is 2.72. The molecule has 0 N–H and O–H groups in total. The molecule has 3 nitrogen and oxygen atoms in total. The van der Waals surface area contributed by atoms with Crippen LogP contribution in [0.3, 0.4) is 0 Å². The molecular weight excluding hydrogens is 298 g/mol. The summed E-state index contributed by atoms with van der Waals surface area (Å²) in [6.45, 7) is 0. The lowest BCUT2D eigenvalue weighted by Gasteiger charge is -2.02. The second-order valence-electron chi connectivity index (χ2n) is 3.19. The molecule has 1 heterocycles. The molecule has 92 valence electrons. The minimum atomic E-state index is -0.632. The molecule has 7 heteroatoms. The molecule has 0 aliphatic carbocycles. The fourth-order valence-corrected chi connectivity index (χ4v) is 2.52. The van der Waals surface area contributed by atoms with E-state index in [2.05, 4.69) is 4.98 Å². The fraction of sp³-hybridized carbons (Fsp3) is 0.0909. The summed E-state index contributed by atoms with van der Waals surface area (Å²) in [5.74, 6) is -0.427. The Morgan fingerprint density at radius 3 is 2.83 bits per heavy atom. The van der Waals surface area contributed by atoms with Crippen LogP contribution in [0.2, 0.25) is 5.15 Å². The molecule has 0 unspecified atom stereocenters. The van der Waals surface area contributed by atoms with Crippen molar-refractivity contribution in [1.82, 2.24) is 4.98 Å². The van der Waals surface area contributed by atoms with Crippen molar-refractivity contribution < 1.29 is 9.13 Å². The van der Waals surface area contributed by atoms with E-state index in [0.29, 0.717) is 4.88 Å². The first-order chi connectivity index (χ1) is 8.63. The monoisotopic (exact) mass is 302 g/mol. The molecule has 0 aliphatic heterocycles. The van der Waals surface area contributed by atoms with Crippen LogP contribution in [0.15, 0.2) is 18.2 Å². The van der Waals surface area contributed by atoms with Gasteiger partial charge in [-0.2, -0.15) is 10.2 Å². The van der Waals surface area contributed by atoms with Crippen molar-refractivity contribution in [3.05, 3.63) is 39.6 Å². The average molecular weight is 303 g/mol. The van der Waals surface area contributed by atoms with Gasteiger partial charge in [-0.1, -0.05) is 22.9 Å². The highest BCUT2D eigenvalue weighted by Crippen LogP contribution is 2.33. The molecule has 1 aromatic heterocycles. The summed E-state index contributed by atoms with van der Waals surface area (Å²) in [5.41, 5.74) is 0.221. The van der Waals surface area contributed by atoms with E-state index in [1.807, 2.05) is 6.07 Å². The molecule has 2 rings (SSSR count). The zero-order valence-corrected chi connectivity index (χ0v) is 11.1.